The zero-order valence-corrected chi connectivity index (χ0v) is 12.2. The topological polar surface area (TPSA) is 23.8 Å². The molecule has 0 N–H and O–H groups in total. The van der Waals surface area contributed by atoms with Crippen molar-refractivity contribution in [2.75, 3.05) is 0 Å². The van der Waals surface area contributed by atoms with Crippen molar-refractivity contribution in [2.45, 2.75) is 44.9 Å². The summed E-state index contributed by atoms with van der Waals surface area (Å²) in [5.74, 6) is 0.895. The molecule has 1 aliphatic carbocycles. The van der Waals surface area contributed by atoms with Gasteiger partial charge in [-0.25, -0.2) is 8.78 Å². The molecule has 0 atom stereocenters. The molecule has 1 nitrogen and oxygen atoms in total. The number of nitriles is 1. The lowest BCUT2D eigenvalue weighted by Crippen LogP contribution is -2.14. The summed E-state index contributed by atoms with van der Waals surface area (Å²) in [5.41, 5.74) is 1.08. The number of aryl methyl sites for hydroxylation is 1. The van der Waals surface area contributed by atoms with Crippen molar-refractivity contribution in [1.29, 1.82) is 5.26 Å². The molecule has 0 aromatic heterocycles. The average Bonchev–Trinajstić information content (AvgIpc) is 2.52. The lowest BCUT2D eigenvalue weighted by molar-refractivity contribution is 0.264. The van der Waals surface area contributed by atoms with Crippen LogP contribution in [0.5, 0.6) is 0 Å². The maximum absolute atomic E-state index is 13.5. The molecule has 1 fully saturated rings. The Morgan fingerprint density at radius 3 is 2.52 bits per heavy atom. The second kappa shape index (κ2) is 7.93. The van der Waals surface area contributed by atoms with Gasteiger partial charge in [0.2, 0.25) is 0 Å². The van der Waals surface area contributed by atoms with Crippen LogP contribution in [0.2, 0.25) is 0 Å². The number of benzene rings is 1. The lowest BCUT2D eigenvalue weighted by atomic mass is 9.78. The van der Waals surface area contributed by atoms with Crippen LogP contribution in [0.25, 0.3) is 0 Å². The molecule has 3 heteroatoms. The van der Waals surface area contributed by atoms with Crippen LogP contribution in [0.3, 0.4) is 0 Å². The zero-order valence-electron chi connectivity index (χ0n) is 12.2. The molecule has 1 aromatic carbocycles. The van der Waals surface area contributed by atoms with Crippen molar-refractivity contribution in [3.8, 4) is 6.07 Å². The summed E-state index contributed by atoms with van der Waals surface area (Å²) in [6.07, 6.45) is 9.74. The van der Waals surface area contributed by atoms with E-state index in [1.54, 1.807) is 12.1 Å². The molecule has 0 bridgehead atoms. The van der Waals surface area contributed by atoms with Gasteiger partial charge in [0.15, 0.2) is 0 Å². The van der Waals surface area contributed by atoms with Crippen molar-refractivity contribution >= 4 is 0 Å². The minimum absolute atomic E-state index is 0.111. The largest absolute Gasteiger partial charge is 0.216 e. The van der Waals surface area contributed by atoms with Crippen LogP contribution in [0.1, 0.15) is 49.7 Å². The fraction of sp³-hybridized carbons (Fsp3) is 0.500. The first kappa shape index (κ1) is 15.7. The Morgan fingerprint density at radius 2 is 1.90 bits per heavy atom. The maximum Gasteiger partial charge on any atom is 0.141 e. The molecule has 0 spiro atoms. The number of nitrogens with zero attached hydrogens (tertiary/aromatic N) is 1. The van der Waals surface area contributed by atoms with E-state index in [0.717, 1.165) is 37.7 Å². The second-order valence-corrected chi connectivity index (χ2v) is 5.95. The van der Waals surface area contributed by atoms with E-state index >= 15 is 0 Å². The highest BCUT2D eigenvalue weighted by molar-refractivity contribution is 5.33. The van der Waals surface area contributed by atoms with Gasteiger partial charge in [-0.15, -0.1) is 0 Å². The fourth-order valence-corrected chi connectivity index (χ4v) is 3.18. The minimum atomic E-state index is -0.420. The van der Waals surface area contributed by atoms with E-state index in [-0.39, 0.29) is 5.56 Å². The third-order valence-electron chi connectivity index (χ3n) is 4.52. The standard InChI is InChI=1S/C18H21F2N/c19-11-1-2-14-3-5-15(6-4-14)7-8-16-9-10-17(13-21)18(20)12-16/h1,9-12,14-15H,2-8H2/t14-,15-. The van der Waals surface area contributed by atoms with Crippen molar-refractivity contribution in [1.82, 2.24) is 0 Å². The first-order valence-corrected chi connectivity index (χ1v) is 7.66. The Bertz CT molecular complexity index is 523. The fourth-order valence-electron chi connectivity index (χ4n) is 3.18. The van der Waals surface area contributed by atoms with Crippen LogP contribution in [-0.2, 0) is 6.42 Å². The van der Waals surface area contributed by atoms with Gasteiger partial charge in [0, 0.05) is 0 Å². The number of hydrogen-bond acceptors (Lipinski definition) is 1. The molecular weight excluding hydrogens is 268 g/mol. The predicted octanol–water partition coefficient (Wildman–Crippen LogP) is 5.31. The number of hydrogen-bond donors (Lipinski definition) is 0. The first-order chi connectivity index (χ1) is 10.2. The predicted molar refractivity (Wildman–Crippen MR) is 79.7 cm³/mol. The van der Waals surface area contributed by atoms with Crippen LogP contribution in [0, 0.1) is 29.0 Å². The third-order valence-corrected chi connectivity index (χ3v) is 4.52. The highest BCUT2D eigenvalue weighted by Gasteiger charge is 2.20. The van der Waals surface area contributed by atoms with E-state index in [4.69, 9.17) is 5.26 Å². The van der Waals surface area contributed by atoms with E-state index in [0.29, 0.717) is 18.2 Å². The quantitative estimate of drug-likeness (QED) is 0.720. The Balaban J connectivity index is 1.77. The van der Waals surface area contributed by atoms with Gasteiger partial charge in [-0.2, -0.15) is 5.26 Å². The molecule has 0 amide bonds. The SMILES string of the molecule is N#Cc1ccc(CC[C@H]2CC[C@H](CC=CF)CC2)cc1F. The molecule has 1 aromatic rings. The summed E-state index contributed by atoms with van der Waals surface area (Å²) in [5, 5.41) is 8.71. The normalized spacial score (nSPS) is 22.3. The van der Waals surface area contributed by atoms with E-state index < -0.39 is 5.82 Å². The monoisotopic (exact) mass is 289 g/mol. The van der Waals surface area contributed by atoms with Gasteiger partial charge in [-0.05, 0) is 61.6 Å². The van der Waals surface area contributed by atoms with Crippen LogP contribution in [0.15, 0.2) is 30.6 Å². The van der Waals surface area contributed by atoms with Crippen LogP contribution in [0.4, 0.5) is 8.78 Å². The summed E-state index contributed by atoms with van der Waals surface area (Å²) in [6.45, 7) is 0. The number of halogens is 2. The Labute approximate surface area is 125 Å². The van der Waals surface area contributed by atoms with Gasteiger partial charge in [-0.3, -0.25) is 0 Å². The van der Waals surface area contributed by atoms with E-state index in [1.165, 1.54) is 18.9 Å². The molecule has 0 aliphatic heterocycles. The second-order valence-electron chi connectivity index (χ2n) is 5.95. The highest BCUT2D eigenvalue weighted by Crippen LogP contribution is 2.33. The molecule has 1 saturated carbocycles. The molecule has 0 saturated heterocycles. The third kappa shape index (κ3) is 4.67. The molecule has 2 rings (SSSR count). The molecule has 112 valence electrons. The molecule has 0 radical (unpaired) electrons. The smallest absolute Gasteiger partial charge is 0.141 e. The van der Waals surface area contributed by atoms with Gasteiger partial charge in [0.25, 0.3) is 0 Å². The molecule has 21 heavy (non-hydrogen) atoms. The minimum Gasteiger partial charge on any atom is -0.216 e. The summed E-state index contributed by atoms with van der Waals surface area (Å²) in [7, 11) is 0. The number of allylic oxidation sites excluding steroid dienone is 1. The Morgan fingerprint density at radius 1 is 1.19 bits per heavy atom. The molecule has 0 unspecified atom stereocenters. The highest BCUT2D eigenvalue weighted by atomic mass is 19.1. The lowest BCUT2D eigenvalue weighted by Gasteiger charge is -2.27. The van der Waals surface area contributed by atoms with Crippen LogP contribution < -0.4 is 0 Å². The van der Waals surface area contributed by atoms with Crippen molar-refractivity contribution < 1.29 is 8.78 Å². The average molecular weight is 289 g/mol. The van der Waals surface area contributed by atoms with Crippen LogP contribution in [-0.4, -0.2) is 0 Å². The summed E-state index contributed by atoms with van der Waals surface area (Å²) < 4.78 is 25.5. The summed E-state index contributed by atoms with van der Waals surface area (Å²) >= 11 is 0. The molecule has 0 heterocycles. The van der Waals surface area contributed by atoms with Gasteiger partial charge in [0.05, 0.1) is 11.9 Å². The van der Waals surface area contributed by atoms with Gasteiger partial charge in [-0.1, -0.05) is 25.0 Å². The summed E-state index contributed by atoms with van der Waals surface area (Å²) in [6, 6.07) is 6.73. The van der Waals surface area contributed by atoms with Crippen LogP contribution >= 0.6 is 0 Å². The molecular formula is C18H21F2N. The van der Waals surface area contributed by atoms with Crippen molar-refractivity contribution in [3.63, 3.8) is 0 Å². The maximum atomic E-state index is 13.5. The number of rotatable bonds is 5. The van der Waals surface area contributed by atoms with Crippen molar-refractivity contribution in [2.24, 2.45) is 11.8 Å². The van der Waals surface area contributed by atoms with Gasteiger partial charge < -0.3 is 0 Å². The Kier molecular flexibility index (Phi) is 5.92. The summed E-state index contributed by atoms with van der Waals surface area (Å²) in [4.78, 5) is 0. The van der Waals surface area contributed by atoms with E-state index in [9.17, 15) is 8.78 Å². The van der Waals surface area contributed by atoms with Gasteiger partial charge >= 0.3 is 0 Å². The Hall–Kier alpha value is -1.69. The van der Waals surface area contributed by atoms with E-state index in [2.05, 4.69) is 0 Å². The first-order valence-electron chi connectivity index (χ1n) is 7.66. The zero-order chi connectivity index (χ0) is 15.1. The molecule has 1 aliphatic rings. The van der Waals surface area contributed by atoms with Gasteiger partial charge in [0.1, 0.15) is 11.9 Å². The van der Waals surface area contributed by atoms with Crippen molar-refractivity contribution in [3.05, 3.63) is 47.5 Å². The van der Waals surface area contributed by atoms with E-state index in [1.807, 2.05) is 12.1 Å².